The average molecular weight is 834 g/mol. The maximum Gasteiger partial charge on any atom is 0.247 e. The Kier molecular flexibility index (Phi) is 8.14. The van der Waals surface area contributed by atoms with Crippen molar-refractivity contribution in [2.24, 2.45) is 0 Å². The minimum Gasteiger partial charge on any atom is -0.469 e. The fourth-order valence-electron chi connectivity index (χ4n) is 11.3. The molecular weight excluding hydrogens is 779 g/mol. The summed E-state index contributed by atoms with van der Waals surface area (Å²) in [6.07, 6.45) is 2.26. The molecule has 4 nitrogen and oxygen atoms in total. The van der Waals surface area contributed by atoms with Gasteiger partial charge in [-0.05, 0) is 116 Å². The highest BCUT2D eigenvalue weighted by Crippen LogP contribution is 2.54. The second kappa shape index (κ2) is 13.3. The molecule has 9 aromatic rings. The molecule has 0 amide bonds. The topological polar surface area (TPSA) is 41.6 Å². The fourth-order valence-corrected chi connectivity index (χ4v) is 11.3. The van der Waals surface area contributed by atoms with E-state index in [1.165, 1.54) is 27.8 Å². The van der Waals surface area contributed by atoms with Crippen LogP contribution in [0.25, 0.3) is 55.2 Å². The largest absolute Gasteiger partial charge is 0.469 e. The van der Waals surface area contributed by atoms with Gasteiger partial charge < -0.3 is 19.1 Å². The van der Waals surface area contributed by atoms with Crippen LogP contribution in [0.15, 0.2) is 142 Å². The summed E-state index contributed by atoms with van der Waals surface area (Å²) in [6.45, 7) is 21.2. The van der Waals surface area contributed by atoms with Crippen molar-refractivity contribution in [2.45, 2.75) is 96.8 Å². The van der Waals surface area contributed by atoms with E-state index in [1.807, 2.05) is 0 Å². The van der Waals surface area contributed by atoms with Gasteiger partial charge in [0.05, 0.1) is 28.4 Å². The van der Waals surface area contributed by atoms with E-state index in [-0.39, 0.29) is 21.7 Å². The second-order valence-electron chi connectivity index (χ2n) is 21.5. The van der Waals surface area contributed by atoms with E-state index < -0.39 is 0 Å². The molecule has 2 aromatic heterocycles. The molecule has 2 aliphatic heterocycles. The highest BCUT2D eigenvalue weighted by molar-refractivity contribution is 6.73. The molecule has 0 atom stereocenters. The molecule has 0 saturated heterocycles. The van der Waals surface area contributed by atoms with Crippen LogP contribution in [0.2, 0.25) is 0 Å². The van der Waals surface area contributed by atoms with Crippen LogP contribution >= 0.6 is 0 Å². The second-order valence-corrected chi connectivity index (χ2v) is 21.5. The lowest BCUT2D eigenvalue weighted by Gasteiger charge is -2.42. The number of benzene rings is 7. The van der Waals surface area contributed by atoms with Crippen LogP contribution in [0, 0.1) is 0 Å². The summed E-state index contributed by atoms with van der Waals surface area (Å²) in [7, 11) is 2.31. The van der Waals surface area contributed by atoms with Crippen LogP contribution in [-0.4, -0.2) is 7.28 Å². The van der Waals surface area contributed by atoms with Crippen LogP contribution in [0.4, 0.5) is 28.4 Å². The molecule has 1 radical (unpaired) electrons. The summed E-state index contributed by atoms with van der Waals surface area (Å²) in [5, 5.41) is 7.25. The third-order valence-electron chi connectivity index (χ3n) is 15.1. The maximum atomic E-state index is 7.26. The van der Waals surface area contributed by atoms with Crippen LogP contribution in [0.1, 0.15) is 103 Å². The Morgan fingerprint density at radius 1 is 0.562 bits per heavy atom. The van der Waals surface area contributed by atoms with Crippen molar-refractivity contribution in [1.82, 2.24) is 0 Å². The van der Waals surface area contributed by atoms with E-state index in [9.17, 15) is 0 Å². The number of nitrogens with one attached hydrogen (secondary N) is 1. The molecule has 0 spiro atoms. The molecule has 0 fully saturated rings. The fraction of sp³-hybridized carbons (Fsp3) is 0.254. The number of hydrogen-bond donors (Lipinski definition) is 1. The molecule has 3 aliphatic rings. The molecule has 0 unspecified atom stereocenters. The van der Waals surface area contributed by atoms with Crippen molar-refractivity contribution >= 4 is 79.7 Å². The molecule has 12 rings (SSSR count). The number of rotatable bonds is 3. The number of anilines is 5. The summed E-state index contributed by atoms with van der Waals surface area (Å²) < 4.78 is 14.4. The third-order valence-corrected chi connectivity index (χ3v) is 15.1. The Labute approximate surface area is 377 Å². The van der Waals surface area contributed by atoms with Gasteiger partial charge in [0, 0.05) is 38.4 Å². The normalized spacial score (nSPS) is 16.7. The summed E-state index contributed by atoms with van der Waals surface area (Å²) in [4.78, 5) is 2.51. The van der Waals surface area contributed by atoms with Crippen LogP contribution < -0.4 is 21.3 Å². The molecule has 5 heteroatoms. The standard InChI is InChI=1S/C59H54BN2O2/c1-56(2,3)35-26-27-47(38(30-35)34-18-11-10-12-19-34)62-52-41-32-44-45(58(6,7)29-28-57(44,4)5)33-49(41)64-55(52)60-50-39(31-40-36-20-13-16-25-48(36)63-54(40)53(50)62)37-21-17-23-43-51(37)61-46-24-15-14-22-42(46)59(43,8)9/h10-27,30-33,61H,28-29H2,1-9H3. The lowest BCUT2D eigenvalue weighted by atomic mass is 9.60. The first-order valence-corrected chi connectivity index (χ1v) is 23.1. The number of nitrogens with zero attached hydrogens (tertiary/aromatic N) is 1. The first-order valence-electron chi connectivity index (χ1n) is 23.1. The van der Waals surface area contributed by atoms with Crippen LogP contribution in [-0.2, 0) is 21.7 Å². The molecule has 315 valence electrons. The molecular formula is C59H54BN2O2. The van der Waals surface area contributed by atoms with Crippen LogP contribution in [0.5, 0.6) is 0 Å². The third kappa shape index (κ3) is 5.62. The molecule has 1 N–H and O–H groups in total. The van der Waals surface area contributed by atoms with E-state index in [1.54, 1.807) is 0 Å². The highest BCUT2D eigenvalue weighted by atomic mass is 16.3. The minimum atomic E-state index is -0.221. The van der Waals surface area contributed by atoms with Crippen molar-refractivity contribution in [3.8, 4) is 22.3 Å². The molecule has 1 aliphatic carbocycles. The number of furan rings is 2. The quantitative estimate of drug-likeness (QED) is 0.180. The molecule has 4 heterocycles. The maximum absolute atomic E-state index is 7.26. The van der Waals surface area contributed by atoms with Crippen molar-refractivity contribution in [1.29, 1.82) is 0 Å². The monoisotopic (exact) mass is 833 g/mol. The Morgan fingerprint density at radius 2 is 1.27 bits per heavy atom. The highest BCUT2D eigenvalue weighted by Gasteiger charge is 2.42. The van der Waals surface area contributed by atoms with Crippen molar-refractivity contribution < 1.29 is 8.83 Å². The van der Waals surface area contributed by atoms with Gasteiger partial charge in [0.2, 0.25) is 7.28 Å². The first kappa shape index (κ1) is 39.2. The van der Waals surface area contributed by atoms with E-state index in [0.717, 1.165) is 108 Å². The lowest BCUT2D eigenvalue weighted by Crippen LogP contribution is -2.40. The number of fused-ring (bicyclic) bond motifs is 11. The van der Waals surface area contributed by atoms with Gasteiger partial charge in [-0.25, -0.2) is 0 Å². The average Bonchev–Trinajstić information content (AvgIpc) is 3.84. The van der Waals surface area contributed by atoms with Gasteiger partial charge in [-0.3, -0.25) is 0 Å². The van der Waals surface area contributed by atoms with Crippen molar-refractivity contribution in [2.75, 3.05) is 10.2 Å². The molecule has 64 heavy (non-hydrogen) atoms. The predicted molar refractivity (Wildman–Crippen MR) is 270 cm³/mol. The van der Waals surface area contributed by atoms with E-state index in [0.29, 0.717) is 0 Å². The summed E-state index contributed by atoms with van der Waals surface area (Å²) in [5.74, 6) is 0. The smallest absolute Gasteiger partial charge is 0.247 e. The Bertz CT molecular complexity index is 3410. The van der Waals surface area contributed by atoms with E-state index in [2.05, 4.69) is 213 Å². The summed E-state index contributed by atoms with van der Waals surface area (Å²) >= 11 is 0. The van der Waals surface area contributed by atoms with Crippen molar-refractivity contribution in [3.63, 3.8) is 0 Å². The van der Waals surface area contributed by atoms with Gasteiger partial charge in [0.25, 0.3) is 0 Å². The summed E-state index contributed by atoms with van der Waals surface area (Å²) in [6, 6.07) is 49.3. The molecule has 0 saturated carbocycles. The van der Waals surface area contributed by atoms with E-state index >= 15 is 0 Å². The van der Waals surface area contributed by atoms with Gasteiger partial charge in [-0.15, -0.1) is 0 Å². The van der Waals surface area contributed by atoms with Gasteiger partial charge >= 0.3 is 0 Å². The Morgan fingerprint density at radius 3 is 2.05 bits per heavy atom. The predicted octanol–water partition coefficient (Wildman–Crippen LogP) is 15.1. The SMILES string of the molecule is CC(C)(C)c1ccc(N2c3c(oc4cc5c(cc34)C(C)(C)CCC5(C)C)[B]c3c(-c4cccc5c4Nc4ccccc4C5(C)C)cc4c(oc5ccccc54)c32)c(-c2ccccc2)c1. The Hall–Kier alpha value is -6.46. The van der Waals surface area contributed by atoms with E-state index in [4.69, 9.17) is 8.83 Å². The van der Waals surface area contributed by atoms with Gasteiger partial charge in [0.1, 0.15) is 11.2 Å². The van der Waals surface area contributed by atoms with Gasteiger partial charge in [-0.1, -0.05) is 153 Å². The van der Waals surface area contributed by atoms with Gasteiger partial charge in [0.15, 0.2) is 5.58 Å². The zero-order chi connectivity index (χ0) is 44.1. The molecule has 7 aromatic carbocycles. The zero-order valence-electron chi connectivity index (χ0n) is 38.5. The van der Waals surface area contributed by atoms with Crippen molar-refractivity contribution in [3.05, 3.63) is 161 Å². The van der Waals surface area contributed by atoms with Crippen LogP contribution in [0.3, 0.4) is 0 Å². The first-order chi connectivity index (χ1) is 30.6. The van der Waals surface area contributed by atoms with Gasteiger partial charge in [-0.2, -0.15) is 0 Å². The number of para-hydroxylation sites is 3. The lowest BCUT2D eigenvalue weighted by molar-refractivity contribution is 0.332. The number of hydrogen-bond acceptors (Lipinski definition) is 4. The zero-order valence-corrected chi connectivity index (χ0v) is 38.5. The minimum absolute atomic E-state index is 0.0127. The summed E-state index contributed by atoms with van der Waals surface area (Å²) in [5.41, 5.74) is 21.0. The molecule has 0 bridgehead atoms. The Balaban J connectivity index is 1.23.